The minimum atomic E-state index is -4.58. The summed E-state index contributed by atoms with van der Waals surface area (Å²) in [6, 6.07) is 6.80. The topological polar surface area (TPSA) is 42.1 Å². The van der Waals surface area contributed by atoms with Crippen LogP contribution in [0, 0.1) is 0 Å². The fourth-order valence-electron chi connectivity index (χ4n) is 1.72. The number of hydrogen-bond donors (Lipinski definition) is 1. The van der Waals surface area contributed by atoms with Crippen molar-refractivity contribution in [3.05, 3.63) is 46.6 Å². The third kappa shape index (κ3) is 2.80. The van der Waals surface area contributed by atoms with Gasteiger partial charge in [0.05, 0.1) is 18.4 Å². The number of carbonyl (C=O) groups is 1. The van der Waals surface area contributed by atoms with Gasteiger partial charge in [-0.25, -0.2) is 4.79 Å². The molecule has 106 valence electrons. The summed E-state index contributed by atoms with van der Waals surface area (Å²) in [5.41, 5.74) is -0.740. The number of hydrogen-bond acceptors (Lipinski definition) is 2. The molecule has 0 bridgehead atoms. The van der Waals surface area contributed by atoms with Crippen LogP contribution in [0.1, 0.15) is 16.1 Å². The summed E-state index contributed by atoms with van der Waals surface area (Å²) >= 11 is 5.72. The zero-order valence-corrected chi connectivity index (χ0v) is 11.0. The number of aromatic nitrogens is 1. The highest BCUT2D eigenvalue weighted by molar-refractivity contribution is 6.30. The molecule has 3 nitrogen and oxygen atoms in total. The molecule has 0 saturated heterocycles. The lowest BCUT2D eigenvalue weighted by atomic mass is 10.1. The highest BCUT2D eigenvalue weighted by Gasteiger charge is 2.35. The highest BCUT2D eigenvalue weighted by atomic mass is 35.5. The lowest BCUT2D eigenvalue weighted by Crippen LogP contribution is -2.05. The van der Waals surface area contributed by atoms with Gasteiger partial charge in [0.25, 0.3) is 0 Å². The number of rotatable bonds is 2. The van der Waals surface area contributed by atoms with Crippen LogP contribution in [0.15, 0.2) is 30.3 Å². The van der Waals surface area contributed by atoms with Crippen molar-refractivity contribution >= 4 is 17.6 Å². The van der Waals surface area contributed by atoms with Crippen LogP contribution in [0.25, 0.3) is 11.3 Å². The molecule has 0 atom stereocenters. The first-order valence-corrected chi connectivity index (χ1v) is 5.85. The number of H-pyrrole nitrogens is 1. The first-order chi connectivity index (χ1) is 9.32. The van der Waals surface area contributed by atoms with Crippen molar-refractivity contribution in [2.45, 2.75) is 6.18 Å². The second-order valence-electron chi connectivity index (χ2n) is 3.97. The highest BCUT2D eigenvalue weighted by Crippen LogP contribution is 2.34. The van der Waals surface area contributed by atoms with Crippen molar-refractivity contribution in [3.63, 3.8) is 0 Å². The van der Waals surface area contributed by atoms with Crippen LogP contribution in [-0.2, 0) is 10.9 Å². The van der Waals surface area contributed by atoms with E-state index < -0.39 is 17.8 Å². The quantitative estimate of drug-likeness (QED) is 0.847. The van der Waals surface area contributed by atoms with E-state index in [0.717, 1.165) is 13.2 Å². The molecule has 20 heavy (non-hydrogen) atoms. The van der Waals surface area contributed by atoms with E-state index in [0.29, 0.717) is 10.6 Å². The zero-order chi connectivity index (χ0) is 14.9. The largest absolute Gasteiger partial charge is 0.465 e. The number of aromatic amines is 1. The summed E-state index contributed by atoms with van der Waals surface area (Å²) < 4.78 is 42.7. The maximum absolute atomic E-state index is 12.7. The molecular weight excluding hydrogens is 295 g/mol. The minimum Gasteiger partial charge on any atom is -0.465 e. The Labute approximate surface area is 117 Å². The van der Waals surface area contributed by atoms with Gasteiger partial charge in [0.15, 0.2) is 0 Å². The van der Waals surface area contributed by atoms with E-state index in [1.807, 2.05) is 0 Å². The van der Waals surface area contributed by atoms with Crippen LogP contribution in [0.2, 0.25) is 5.02 Å². The fourth-order valence-corrected chi connectivity index (χ4v) is 1.85. The summed E-state index contributed by atoms with van der Waals surface area (Å²) in [6.45, 7) is 0. The van der Waals surface area contributed by atoms with Gasteiger partial charge < -0.3 is 9.72 Å². The van der Waals surface area contributed by atoms with Gasteiger partial charge in [0.2, 0.25) is 0 Å². The number of halogens is 4. The lowest BCUT2D eigenvalue weighted by Gasteiger charge is -2.04. The van der Waals surface area contributed by atoms with E-state index in [1.165, 1.54) is 24.3 Å². The second kappa shape index (κ2) is 5.20. The van der Waals surface area contributed by atoms with Crippen molar-refractivity contribution in [2.75, 3.05) is 7.11 Å². The molecule has 1 aromatic carbocycles. The maximum Gasteiger partial charge on any atom is 0.431 e. The van der Waals surface area contributed by atoms with Crippen molar-refractivity contribution in [1.29, 1.82) is 0 Å². The van der Waals surface area contributed by atoms with Crippen LogP contribution in [0.4, 0.5) is 13.2 Å². The smallest absolute Gasteiger partial charge is 0.431 e. The number of nitrogens with one attached hydrogen (secondary N) is 1. The van der Waals surface area contributed by atoms with Gasteiger partial charge in [0, 0.05) is 5.02 Å². The Morgan fingerprint density at radius 2 is 1.85 bits per heavy atom. The van der Waals surface area contributed by atoms with Crippen molar-refractivity contribution < 1.29 is 22.7 Å². The third-order valence-electron chi connectivity index (χ3n) is 2.66. The molecule has 0 aliphatic heterocycles. The van der Waals surface area contributed by atoms with Crippen molar-refractivity contribution in [3.8, 4) is 11.3 Å². The maximum atomic E-state index is 12.7. The normalized spacial score (nSPS) is 11.4. The second-order valence-corrected chi connectivity index (χ2v) is 4.40. The fraction of sp³-hybridized carbons (Fsp3) is 0.154. The molecule has 1 aromatic heterocycles. The van der Waals surface area contributed by atoms with Crippen LogP contribution >= 0.6 is 11.6 Å². The molecular formula is C13H9ClF3NO2. The summed E-state index contributed by atoms with van der Waals surface area (Å²) in [6.07, 6.45) is -4.58. The number of alkyl halides is 3. The molecule has 1 N–H and O–H groups in total. The predicted molar refractivity (Wildman–Crippen MR) is 67.6 cm³/mol. The standard InChI is InChI=1S/C13H9ClF3NO2/c1-20-12(19)9-6-10(13(15,16)17)18-11(9)7-2-4-8(14)5-3-7/h2-6,18H,1H3. The van der Waals surface area contributed by atoms with Crippen LogP contribution < -0.4 is 0 Å². The van der Waals surface area contributed by atoms with Crippen molar-refractivity contribution in [2.24, 2.45) is 0 Å². The summed E-state index contributed by atoms with van der Waals surface area (Å²) in [5.74, 6) is -0.846. The number of benzene rings is 1. The Balaban J connectivity index is 2.58. The monoisotopic (exact) mass is 303 g/mol. The van der Waals surface area contributed by atoms with E-state index in [4.69, 9.17) is 11.6 Å². The Hall–Kier alpha value is -1.95. The van der Waals surface area contributed by atoms with E-state index in [-0.39, 0.29) is 11.3 Å². The molecule has 0 unspecified atom stereocenters. The van der Waals surface area contributed by atoms with Crippen LogP contribution in [-0.4, -0.2) is 18.1 Å². The molecule has 1 heterocycles. The summed E-state index contributed by atoms with van der Waals surface area (Å²) in [5, 5.41) is 0.441. The molecule has 2 aromatic rings. The molecule has 0 fully saturated rings. The third-order valence-corrected chi connectivity index (χ3v) is 2.91. The van der Waals surface area contributed by atoms with Crippen LogP contribution in [0.5, 0.6) is 0 Å². The first kappa shape index (κ1) is 14.5. The molecule has 0 spiro atoms. The van der Waals surface area contributed by atoms with Crippen LogP contribution in [0.3, 0.4) is 0 Å². The average Bonchev–Trinajstić information content (AvgIpc) is 2.83. The zero-order valence-electron chi connectivity index (χ0n) is 10.2. The van der Waals surface area contributed by atoms with Gasteiger partial charge >= 0.3 is 12.1 Å². The predicted octanol–water partition coefficient (Wildman–Crippen LogP) is 4.14. The van der Waals surface area contributed by atoms with Gasteiger partial charge in [0.1, 0.15) is 5.69 Å². The lowest BCUT2D eigenvalue weighted by molar-refractivity contribution is -0.140. The molecule has 0 aliphatic carbocycles. The Morgan fingerprint density at radius 3 is 2.35 bits per heavy atom. The number of esters is 1. The molecule has 2 rings (SSSR count). The van der Waals surface area contributed by atoms with E-state index >= 15 is 0 Å². The number of methoxy groups -OCH3 is 1. The molecule has 0 aliphatic rings. The van der Waals surface area contributed by atoms with Gasteiger partial charge in [-0.3, -0.25) is 0 Å². The molecule has 0 radical (unpaired) electrons. The number of ether oxygens (including phenoxy) is 1. The van der Waals surface area contributed by atoms with E-state index in [9.17, 15) is 18.0 Å². The average molecular weight is 304 g/mol. The molecule has 0 saturated carbocycles. The van der Waals surface area contributed by atoms with Gasteiger partial charge in [-0.15, -0.1) is 0 Å². The van der Waals surface area contributed by atoms with E-state index in [2.05, 4.69) is 9.72 Å². The SMILES string of the molecule is COC(=O)c1cc(C(F)(F)F)[nH]c1-c1ccc(Cl)cc1. The Kier molecular flexibility index (Phi) is 3.76. The van der Waals surface area contributed by atoms with Gasteiger partial charge in [-0.2, -0.15) is 13.2 Å². The Bertz CT molecular complexity index is 632. The molecule has 0 amide bonds. The summed E-state index contributed by atoms with van der Waals surface area (Å²) in [4.78, 5) is 13.8. The van der Waals surface area contributed by atoms with E-state index in [1.54, 1.807) is 0 Å². The van der Waals surface area contributed by atoms with Crippen molar-refractivity contribution in [1.82, 2.24) is 4.98 Å². The van der Waals surface area contributed by atoms with Gasteiger partial charge in [-0.1, -0.05) is 23.7 Å². The molecule has 7 heteroatoms. The van der Waals surface area contributed by atoms with Gasteiger partial charge in [-0.05, 0) is 23.8 Å². The Morgan fingerprint density at radius 1 is 1.25 bits per heavy atom. The summed E-state index contributed by atoms with van der Waals surface area (Å²) in [7, 11) is 1.11. The number of carbonyl (C=O) groups excluding carboxylic acids is 1. The first-order valence-electron chi connectivity index (χ1n) is 5.47. The minimum absolute atomic E-state index is 0.0424.